The smallest absolute Gasteiger partial charge is 0.339 e. The average molecular weight is 272 g/mol. The van der Waals surface area contributed by atoms with Crippen LogP contribution in [0, 0.1) is 5.82 Å². The summed E-state index contributed by atoms with van der Waals surface area (Å²) in [7, 11) is 0. The molecule has 0 heterocycles. The van der Waals surface area contributed by atoms with E-state index < -0.39 is 11.6 Å². The molecule has 2 aromatic rings. The minimum atomic E-state index is -0.584. The van der Waals surface area contributed by atoms with Gasteiger partial charge in [0.2, 0.25) is 0 Å². The highest BCUT2D eigenvalue weighted by atomic mass is 19.1. The fourth-order valence-electron chi connectivity index (χ4n) is 1.91. The molecule has 0 radical (unpaired) electrons. The van der Waals surface area contributed by atoms with E-state index in [9.17, 15) is 9.18 Å². The third kappa shape index (κ3) is 3.23. The third-order valence-electron chi connectivity index (χ3n) is 2.71. The monoisotopic (exact) mass is 272 g/mol. The number of hydrogen-bond acceptors (Lipinski definition) is 2. The second kappa shape index (κ2) is 5.45. The zero-order chi connectivity index (χ0) is 14.8. The molecule has 0 atom stereocenters. The first-order valence-corrected chi connectivity index (χ1v) is 6.46. The van der Waals surface area contributed by atoms with Crippen LogP contribution in [0.5, 0.6) is 0 Å². The molecule has 2 nitrogen and oxygen atoms in total. The van der Waals surface area contributed by atoms with Crippen LogP contribution in [0.3, 0.4) is 0 Å². The van der Waals surface area contributed by atoms with Crippen molar-refractivity contribution in [2.45, 2.75) is 26.4 Å². The molecule has 104 valence electrons. The molecule has 0 amide bonds. The number of rotatable bonds is 2. The van der Waals surface area contributed by atoms with Gasteiger partial charge in [0.05, 0.1) is 5.56 Å². The summed E-state index contributed by atoms with van der Waals surface area (Å²) in [5, 5.41) is 0. The van der Waals surface area contributed by atoms with Crippen LogP contribution in [0.15, 0.2) is 48.5 Å². The van der Waals surface area contributed by atoms with E-state index in [4.69, 9.17) is 4.74 Å². The molecule has 0 saturated carbocycles. The van der Waals surface area contributed by atoms with Crippen molar-refractivity contribution in [3.05, 3.63) is 59.9 Å². The largest absolute Gasteiger partial charge is 0.456 e. The van der Waals surface area contributed by atoms with Crippen LogP contribution in [0.25, 0.3) is 11.1 Å². The molecule has 0 aliphatic heterocycles. The number of halogens is 1. The van der Waals surface area contributed by atoms with Gasteiger partial charge in [-0.25, -0.2) is 9.18 Å². The van der Waals surface area contributed by atoms with Gasteiger partial charge in [-0.05, 0) is 38.5 Å². The van der Waals surface area contributed by atoms with Crippen molar-refractivity contribution in [2.75, 3.05) is 0 Å². The van der Waals surface area contributed by atoms with Crippen LogP contribution < -0.4 is 0 Å². The van der Waals surface area contributed by atoms with Crippen LogP contribution in [-0.2, 0) is 4.74 Å². The van der Waals surface area contributed by atoms with Gasteiger partial charge < -0.3 is 4.74 Å². The quantitative estimate of drug-likeness (QED) is 0.755. The van der Waals surface area contributed by atoms with Gasteiger partial charge in [-0.2, -0.15) is 0 Å². The third-order valence-corrected chi connectivity index (χ3v) is 2.71. The zero-order valence-electron chi connectivity index (χ0n) is 11.8. The lowest BCUT2D eigenvalue weighted by Crippen LogP contribution is -2.24. The normalized spacial score (nSPS) is 11.2. The molecule has 0 unspecified atom stereocenters. The predicted molar refractivity (Wildman–Crippen MR) is 77.0 cm³/mol. The van der Waals surface area contributed by atoms with Crippen LogP contribution in [-0.4, -0.2) is 11.6 Å². The Kier molecular flexibility index (Phi) is 3.89. The van der Waals surface area contributed by atoms with Crippen LogP contribution in [0.4, 0.5) is 4.39 Å². The van der Waals surface area contributed by atoms with Gasteiger partial charge in [-0.3, -0.25) is 0 Å². The molecule has 0 spiro atoms. The van der Waals surface area contributed by atoms with E-state index in [2.05, 4.69) is 0 Å². The first kappa shape index (κ1) is 14.3. The summed E-state index contributed by atoms with van der Waals surface area (Å²) < 4.78 is 19.3. The number of ether oxygens (including phenoxy) is 1. The second-order valence-electron chi connectivity index (χ2n) is 5.53. The summed E-state index contributed by atoms with van der Waals surface area (Å²) in [6, 6.07) is 13.3. The van der Waals surface area contributed by atoms with E-state index >= 15 is 0 Å². The lowest BCUT2D eigenvalue weighted by molar-refractivity contribution is 0.00705. The molecule has 3 heteroatoms. The molecule has 2 aromatic carbocycles. The number of hydrogen-bond donors (Lipinski definition) is 0. The van der Waals surface area contributed by atoms with Crippen molar-refractivity contribution in [1.82, 2.24) is 0 Å². The van der Waals surface area contributed by atoms with Crippen molar-refractivity contribution in [3.63, 3.8) is 0 Å². The molecule has 0 N–H and O–H groups in total. The standard InChI is InChI=1S/C17H17FO2/c1-17(2,3)20-16(19)14-10-5-4-8-12(14)13-9-6-7-11-15(13)18/h4-11H,1-3H3. The van der Waals surface area contributed by atoms with Gasteiger partial charge in [0.25, 0.3) is 0 Å². The van der Waals surface area contributed by atoms with Crippen LogP contribution >= 0.6 is 0 Å². The van der Waals surface area contributed by atoms with Crippen molar-refractivity contribution < 1.29 is 13.9 Å². The Hall–Kier alpha value is -2.16. The van der Waals surface area contributed by atoms with E-state index in [1.165, 1.54) is 6.07 Å². The summed E-state index contributed by atoms with van der Waals surface area (Å²) in [5.41, 5.74) is 0.723. The fraction of sp³-hybridized carbons (Fsp3) is 0.235. The summed E-state index contributed by atoms with van der Waals surface area (Å²) in [6.07, 6.45) is 0. The van der Waals surface area contributed by atoms with E-state index in [-0.39, 0.29) is 5.82 Å². The summed E-state index contributed by atoms with van der Waals surface area (Å²) in [6.45, 7) is 5.41. The molecular formula is C17H17FO2. The van der Waals surface area contributed by atoms with E-state index in [0.717, 1.165) is 0 Å². The van der Waals surface area contributed by atoms with Gasteiger partial charge >= 0.3 is 5.97 Å². The Bertz CT molecular complexity index is 627. The molecule has 20 heavy (non-hydrogen) atoms. The van der Waals surface area contributed by atoms with Crippen molar-refractivity contribution in [3.8, 4) is 11.1 Å². The number of esters is 1. The van der Waals surface area contributed by atoms with Crippen molar-refractivity contribution >= 4 is 5.97 Å². The van der Waals surface area contributed by atoms with Gasteiger partial charge in [0.15, 0.2) is 0 Å². The van der Waals surface area contributed by atoms with Gasteiger partial charge in [-0.15, -0.1) is 0 Å². The highest BCUT2D eigenvalue weighted by Crippen LogP contribution is 2.27. The summed E-state index contributed by atoms with van der Waals surface area (Å²) >= 11 is 0. The fourth-order valence-corrected chi connectivity index (χ4v) is 1.91. The SMILES string of the molecule is CC(C)(C)OC(=O)c1ccccc1-c1ccccc1F. The molecular weight excluding hydrogens is 255 g/mol. The minimum absolute atomic E-state index is 0.358. The molecule has 0 fully saturated rings. The van der Waals surface area contributed by atoms with E-state index in [0.29, 0.717) is 16.7 Å². The molecule has 0 bridgehead atoms. The maximum atomic E-state index is 13.9. The number of carbonyl (C=O) groups is 1. The van der Waals surface area contributed by atoms with Gasteiger partial charge in [0.1, 0.15) is 11.4 Å². The predicted octanol–water partition coefficient (Wildman–Crippen LogP) is 4.45. The molecule has 0 aliphatic rings. The van der Waals surface area contributed by atoms with Gasteiger partial charge in [-0.1, -0.05) is 36.4 Å². The Balaban J connectivity index is 2.47. The number of carbonyl (C=O) groups excluding carboxylic acids is 1. The Morgan fingerprint density at radius 2 is 1.50 bits per heavy atom. The maximum absolute atomic E-state index is 13.9. The Morgan fingerprint density at radius 3 is 2.10 bits per heavy atom. The summed E-state index contributed by atoms with van der Waals surface area (Å²) in [5.74, 6) is -0.806. The number of benzene rings is 2. The van der Waals surface area contributed by atoms with Gasteiger partial charge in [0, 0.05) is 5.56 Å². The Morgan fingerprint density at radius 1 is 0.950 bits per heavy atom. The van der Waals surface area contributed by atoms with E-state index in [1.807, 2.05) is 0 Å². The highest BCUT2D eigenvalue weighted by Gasteiger charge is 2.21. The molecule has 0 aliphatic carbocycles. The topological polar surface area (TPSA) is 26.3 Å². The lowest BCUT2D eigenvalue weighted by atomic mass is 9.99. The lowest BCUT2D eigenvalue weighted by Gasteiger charge is -2.20. The zero-order valence-corrected chi connectivity index (χ0v) is 11.8. The molecule has 0 aromatic heterocycles. The highest BCUT2D eigenvalue weighted by molar-refractivity contribution is 5.97. The van der Waals surface area contributed by atoms with Crippen LogP contribution in [0.2, 0.25) is 0 Å². The van der Waals surface area contributed by atoms with E-state index in [1.54, 1.807) is 63.2 Å². The molecule has 0 saturated heterocycles. The van der Waals surface area contributed by atoms with Crippen LogP contribution in [0.1, 0.15) is 31.1 Å². The minimum Gasteiger partial charge on any atom is -0.456 e. The van der Waals surface area contributed by atoms with Crippen molar-refractivity contribution in [1.29, 1.82) is 0 Å². The first-order chi connectivity index (χ1) is 9.38. The average Bonchev–Trinajstić information content (AvgIpc) is 2.37. The second-order valence-corrected chi connectivity index (χ2v) is 5.53. The molecule has 2 rings (SSSR count). The van der Waals surface area contributed by atoms with Crippen molar-refractivity contribution in [2.24, 2.45) is 0 Å². The first-order valence-electron chi connectivity index (χ1n) is 6.46. The summed E-state index contributed by atoms with van der Waals surface area (Å²) in [4.78, 5) is 12.2. The Labute approximate surface area is 118 Å². The maximum Gasteiger partial charge on any atom is 0.339 e.